The number of β-lactam (4-membered cyclic amide) rings is 1. The Bertz CT molecular complexity index is 1150. The van der Waals surface area contributed by atoms with Crippen molar-refractivity contribution >= 4 is 51.7 Å². The Morgan fingerprint density at radius 1 is 1.45 bits per heavy atom. The number of carboxylic acids is 1. The molecule has 2 aromatic heterocycles. The smallest absolute Gasteiger partial charge is 0.356 e. The van der Waals surface area contributed by atoms with Crippen molar-refractivity contribution in [1.82, 2.24) is 20.2 Å². The van der Waals surface area contributed by atoms with Gasteiger partial charge < -0.3 is 25.7 Å². The van der Waals surface area contributed by atoms with Crippen molar-refractivity contribution in [3.63, 3.8) is 0 Å². The third-order valence-corrected chi connectivity index (χ3v) is 6.65. The van der Waals surface area contributed by atoms with Crippen molar-refractivity contribution in [2.45, 2.75) is 18.0 Å². The molecule has 0 radical (unpaired) electrons. The molecular weight excluding hydrogens is 472 g/mol. The summed E-state index contributed by atoms with van der Waals surface area (Å²) >= 11 is 2.40. The maximum Gasteiger partial charge on any atom is 0.356 e. The predicted octanol–water partition coefficient (Wildman–Crippen LogP) is 0.384. The van der Waals surface area contributed by atoms with Crippen LogP contribution < -0.4 is 11.1 Å². The van der Waals surface area contributed by atoms with E-state index >= 15 is 0 Å². The predicted molar refractivity (Wildman–Crippen MR) is 119 cm³/mol. The van der Waals surface area contributed by atoms with Crippen molar-refractivity contribution in [2.24, 2.45) is 5.16 Å². The molecule has 4 N–H and O–H groups in total. The molecule has 14 heteroatoms. The lowest BCUT2D eigenvalue weighted by Gasteiger charge is -2.48. The zero-order valence-electron chi connectivity index (χ0n) is 17.1. The molecule has 1 fully saturated rings. The van der Waals surface area contributed by atoms with Crippen LogP contribution in [0.15, 0.2) is 46.5 Å². The highest BCUT2D eigenvalue weighted by Gasteiger charge is 2.55. The van der Waals surface area contributed by atoms with Crippen LogP contribution in [0.1, 0.15) is 11.3 Å². The van der Waals surface area contributed by atoms with Crippen molar-refractivity contribution in [2.75, 3.05) is 18.6 Å². The number of thioether (sulfide) groups is 1. The maximum atomic E-state index is 12.8. The van der Waals surface area contributed by atoms with Gasteiger partial charge in [0.15, 0.2) is 16.5 Å². The number of ether oxygens (including phenoxy) is 1. The molecule has 2 aliphatic heterocycles. The lowest BCUT2D eigenvalue weighted by molar-refractivity contribution is -0.150. The summed E-state index contributed by atoms with van der Waals surface area (Å²) in [6, 6.07) is 2.58. The van der Waals surface area contributed by atoms with Crippen molar-refractivity contribution < 1.29 is 29.1 Å². The molecule has 2 aliphatic rings. The highest BCUT2D eigenvalue weighted by Crippen LogP contribution is 2.40. The molecule has 172 valence electrons. The van der Waals surface area contributed by atoms with Gasteiger partial charge in [-0.15, -0.1) is 23.1 Å². The van der Waals surface area contributed by atoms with E-state index in [2.05, 4.69) is 20.4 Å². The van der Waals surface area contributed by atoms with E-state index in [4.69, 9.17) is 15.3 Å². The lowest BCUT2D eigenvalue weighted by Crippen LogP contribution is -2.71. The van der Waals surface area contributed by atoms with Gasteiger partial charge in [-0.05, 0) is 6.07 Å². The number of carbonyl (C=O) groups is 3. The molecule has 0 spiro atoms. The van der Waals surface area contributed by atoms with Gasteiger partial charge in [0.05, 0.1) is 5.75 Å². The van der Waals surface area contributed by atoms with Gasteiger partial charge in [-0.3, -0.25) is 19.5 Å². The number of fused-ring (bicyclic) bond motifs is 1. The third kappa shape index (κ3) is 4.47. The van der Waals surface area contributed by atoms with Crippen molar-refractivity contribution in [1.29, 1.82) is 0 Å². The molecule has 0 saturated carbocycles. The number of nitrogen functional groups attached to an aromatic ring is 1. The first kappa shape index (κ1) is 22.5. The fourth-order valence-corrected chi connectivity index (χ4v) is 5.08. The van der Waals surface area contributed by atoms with Crippen LogP contribution in [0, 0.1) is 0 Å². The van der Waals surface area contributed by atoms with Crippen molar-refractivity contribution in [3.8, 4) is 0 Å². The van der Waals surface area contributed by atoms with E-state index in [0.29, 0.717) is 0 Å². The van der Waals surface area contributed by atoms with E-state index in [1.54, 1.807) is 24.5 Å². The second-order valence-electron chi connectivity index (χ2n) is 6.78. The van der Waals surface area contributed by atoms with E-state index < -0.39 is 29.2 Å². The summed E-state index contributed by atoms with van der Waals surface area (Å²) in [6.07, 6.45) is 3.22. The maximum absolute atomic E-state index is 12.8. The number of amides is 2. The fraction of sp³-hybridized carbons (Fsp3) is 0.263. The number of hydrogen-bond donors (Lipinski definition) is 3. The summed E-state index contributed by atoms with van der Waals surface area (Å²) in [4.78, 5) is 51.4. The zero-order chi connectivity index (χ0) is 23.5. The zero-order valence-corrected chi connectivity index (χ0v) is 18.8. The topological polar surface area (TPSA) is 169 Å². The molecule has 4 heterocycles. The number of carboxylic acid groups (broad SMARTS) is 1. The Kier molecular flexibility index (Phi) is 6.46. The highest BCUT2D eigenvalue weighted by atomic mass is 32.2. The number of carbonyl (C=O) groups excluding carboxylic acids is 2. The van der Waals surface area contributed by atoms with Crippen molar-refractivity contribution in [3.05, 3.63) is 52.6 Å². The summed E-state index contributed by atoms with van der Waals surface area (Å²) in [6.45, 7) is 0.112. The molecule has 2 atom stereocenters. The number of thiazole rings is 1. The minimum Gasteiger partial charge on any atom is -0.490 e. The number of aliphatic carboxylic acids is 1. The Morgan fingerprint density at radius 2 is 2.27 bits per heavy atom. The summed E-state index contributed by atoms with van der Waals surface area (Å²) in [5.74, 6) is -2.18. The lowest BCUT2D eigenvalue weighted by atomic mass is 10.0. The van der Waals surface area contributed by atoms with Crippen LogP contribution in [0.25, 0.3) is 0 Å². The SMILES string of the molecule is CO/N=C(\C(=O)N[C@@H]1C(=O)N2C(C(=O)O)=C(OCc3cccnc3)CS[C@H]12)c1csc(N)n1. The van der Waals surface area contributed by atoms with Crippen LogP contribution in [0.3, 0.4) is 0 Å². The van der Waals surface area contributed by atoms with Gasteiger partial charge in [0.25, 0.3) is 11.8 Å². The van der Waals surface area contributed by atoms with Crippen LogP contribution in [0.4, 0.5) is 5.13 Å². The number of nitrogens with two attached hydrogens (primary N) is 1. The van der Waals surface area contributed by atoms with Crippen LogP contribution in [0.2, 0.25) is 0 Å². The summed E-state index contributed by atoms with van der Waals surface area (Å²) < 4.78 is 5.69. The first-order valence-corrected chi connectivity index (χ1v) is 11.4. The normalized spacial score (nSPS) is 20.1. The average molecular weight is 491 g/mol. The molecule has 0 aliphatic carbocycles. The number of aromatic nitrogens is 2. The summed E-state index contributed by atoms with van der Waals surface area (Å²) in [5, 5.41) is 17.2. The molecule has 0 aromatic carbocycles. The van der Waals surface area contributed by atoms with Gasteiger partial charge >= 0.3 is 5.97 Å². The Morgan fingerprint density at radius 3 is 2.91 bits per heavy atom. The molecule has 0 unspecified atom stereocenters. The number of nitrogens with one attached hydrogen (secondary N) is 1. The Hall–Kier alpha value is -3.65. The second kappa shape index (κ2) is 9.46. The first-order chi connectivity index (χ1) is 15.9. The number of oxime groups is 1. The largest absolute Gasteiger partial charge is 0.490 e. The van der Waals surface area contributed by atoms with Gasteiger partial charge in [-0.2, -0.15) is 0 Å². The summed E-state index contributed by atoms with van der Waals surface area (Å²) in [7, 11) is 1.27. The second-order valence-corrected chi connectivity index (χ2v) is 8.78. The molecule has 33 heavy (non-hydrogen) atoms. The molecule has 2 amide bonds. The quantitative estimate of drug-likeness (QED) is 0.267. The number of anilines is 1. The minimum absolute atomic E-state index is 0.112. The Labute approximate surface area is 195 Å². The van der Waals surface area contributed by atoms with Gasteiger partial charge in [-0.1, -0.05) is 11.2 Å². The number of rotatable bonds is 8. The van der Waals surface area contributed by atoms with E-state index in [0.717, 1.165) is 21.8 Å². The van der Waals surface area contributed by atoms with Crippen LogP contribution in [-0.4, -0.2) is 67.7 Å². The third-order valence-electron chi connectivity index (χ3n) is 4.72. The van der Waals surface area contributed by atoms with E-state index in [1.165, 1.54) is 24.3 Å². The summed E-state index contributed by atoms with van der Waals surface area (Å²) in [5.41, 5.74) is 6.19. The molecule has 4 rings (SSSR count). The molecule has 0 bridgehead atoms. The van der Waals surface area contributed by atoms with Gasteiger partial charge in [0, 0.05) is 23.3 Å². The Balaban J connectivity index is 1.49. The van der Waals surface area contributed by atoms with Crippen LogP contribution >= 0.6 is 23.1 Å². The standard InChI is InChI=1S/C19H18N6O6S2/c1-30-24-12(10-7-33-19(20)22-10)15(26)23-13-16(27)25-14(18(28)29)11(8-32-17(13)25)31-6-9-3-2-4-21-5-9/h2-5,7,13,17H,6,8H2,1H3,(H2,20,22)(H,23,26)(H,28,29)/b24-12-/t13-,17-/m1/s1. The molecule has 2 aromatic rings. The first-order valence-electron chi connectivity index (χ1n) is 9.47. The van der Waals surface area contributed by atoms with Crippen LogP contribution in [0.5, 0.6) is 0 Å². The molecule has 12 nitrogen and oxygen atoms in total. The number of pyridine rings is 1. The average Bonchev–Trinajstić information content (AvgIpc) is 3.25. The van der Waals surface area contributed by atoms with E-state index in [1.807, 2.05) is 0 Å². The fourth-order valence-electron chi connectivity index (χ4n) is 3.26. The van der Waals surface area contributed by atoms with Gasteiger partial charge in [0.1, 0.15) is 36.6 Å². The number of nitrogens with zero attached hydrogens (tertiary/aromatic N) is 4. The van der Waals surface area contributed by atoms with E-state index in [9.17, 15) is 19.5 Å². The monoisotopic (exact) mass is 490 g/mol. The van der Waals surface area contributed by atoms with E-state index in [-0.39, 0.29) is 40.4 Å². The van der Waals surface area contributed by atoms with Gasteiger partial charge in [0.2, 0.25) is 0 Å². The van der Waals surface area contributed by atoms with Gasteiger partial charge in [-0.25, -0.2) is 9.78 Å². The minimum atomic E-state index is -1.29. The van der Waals surface area contributed by atoms with Crippen LogP contribution in [-0.2, 0) is 30.6 Å². The number of hydrogen-bond acceptors (Lipinski definition) is 11. The highest BCUT2D eigenvalue weighted by molar-refractivity contribution is 8.00. The molecule has 1 saturated heterocycles. The molecular formula is C19H18N6O6S2.